The first-order chi connectivity index (χ1) is 16.7. The Labute approximate surface area is 219 Å². The van der Waals surface area contributed by atoms with E-state index in [1.54, 1.807) is 13.8 Å². The van der Waals surface area contributed by atoms with Gasteiger partial charge in [0.25, 0.3) is 0 Å². The number of Topliss-reactive ketones (excluding diaryl/α,β-unsaturated/α-hetero) is 1. The normalized spacial score (nSPS) is 33.5. The first-order valence-corrected chi connectivity index (χ1v) is 14.4. The summed E-state index contributed by atoms with van der Waals surface area (Å²) in [7, 11) is 0. The number of aliphatic hydroxyl groups excluding tert-OH is 2. The maximum absolute atomic E-state index is 12.6. The lowest BCUT2D eigenvalue weighted by Gasteiger charge is -2.45. The molecule has 0 amide bonds. The smallest absolute Gasteiger partial charge is 0.163 e. The lowest BCUT2D eigenvalue weighted by atomic mass is 9.60. The van der Waals surface area contributed by atoms with E-state index in [2.05, 4.69) is 19.1 Å². The van der Waals surface area contributed by atoms with Crippen molar-refractivity contribution in [3.05, 3.63) is 23.3 Å². The Bertz CT molecular complexity index is 802. The van der Waals surface area contributed by atoms with Crippen LogP contribution in [0.4, 0.5) is 0 Å². The van der Waals surface area contributed by atoms with Gasteiger partial charge in [-0.3, -0.25) is 4.79 Å². The number of rotatable bonds is 10. The van der Waals surface area contributed by atoms with Crippen molar-refractivity contribution in [2.24, 2.45) is 23.2 Å². The topological polar surface area (TPSA) is 98.0 Å². The van der Waals surface area contributed by atoms with Crippen LogP contribution in [0.3, 0.4) is 0 Å². The van der Waals surface area contributed by atoms with Gasteiger partial charge in [-0.15, -0.1) is 0 Å². The minimum Gasteiger partial charge on any atom is -0.393 e. The second-order valence-electron chi connectivity index (χ2n) is 13.6. The number of hydrogen-bond acceptors (Lipinski definition) is 5. The Balaban J connectivity index is 1.76. The SMILES string of the molecule is CC(C)(O)CCC[C@H](CCC(=O)C(C)(C)O)[C@H]1CC[C@H]2/C(=C/C=C3C[C@@H](O)C[C@H](O)C3)CCC[C@]12C. The largest absolute Gasteiger partial charge is 0.393 e. The molecule has 5 heteroatoms. The van der Waals surface area contributed by atoms with E-state index in [0.29, 0.717) is 43.4 Å². The van der Waals surface area contributed by atoms with Crippen molar-refractivity contribution in [1.29, 1.82) is 0 Å². The van der Waals surface area contributed by atoms with Gasteiger partial charge < -0.3 is 20.4 Å². The zero-order chi connectivity index (χ0) is 26.7. The van der Waals surface area contributed by atoms with E-state index >= 15 is 0 Å². The van der Waals surface area contributed by atoms with Crippen molar-refractivity contribution in [3.8, 4) is 0 Å². The highest BCUT2D eigenvalue weighted by Crippen LogP contribution is 2.60. The van der Waals surface area contributed by atoms with Gasteiger partial charge in [-0.05, 0) is 115 Å². The van der Waals surface area contributed by atoms with Crippen molar-refractivity contribution >= 4 is 5.78 Å². The molecule has 3 aliphatic rings. The molecule has 0 aromatic rings. The van der Waals surface area contributed by atoms with Crippen LogP contribution in [0.2, 0.25) is 0 Å². The molecule has 0 aromatic carbocycles. The molecule has 3 rings (SSSR count). The third kappa shape index (κ3) is 7.75. The first kappa shape index (κ1) is 29.5. The highest BCUT2D eigenvalue weighted by atomic mass is 16.3. The molecule has 0 unspecified atom stereocenters. The van der Waals surface area contributed by atoms with Crippen molar-refractivity contribution in [3.63, 3.8) is 0 Å². The number of allylic oxidation sites excluding steroid dienone is 3. The molecule has 0 bridgehead atoms. The number of hydrogen-bond donors (Lipinski definition) is 4. The van der Waals surface area contributed by atoms with Gasteiger partial charge in [-0.2, -0.15) is 0 Å². The van der Waals surface area contributed by atoms with E-state index in [4.69, 9.17) is 0 Å². The van der Waals surface area contributed by atoms with Crippen molar-refractivity contribution < 1.29 is 25.2 Å². The van der Waals surface area contributed by atoms with Crippen molar-refractivity contribution in [1.82, 2.24) is 0 Å². The van der Waals surface area contributed by atoms with Crippen LogP contribution in [-0.4, -0.2) is 49.6 Å². The second-order valence-corrected chi connectivity index (χ2v) is 13.6. The van der Waals surface area contributed by atoms with Crippen LogP contribution in [0.1, 0.15) is 118 Å². The fourth-order valence-electron chi connectivity index (χ4n) is 7.55. The molecule has 0 heterocycles. The lowest BCUT2D eigenvalue weighted by Crippen LogP contribution is -2.37. The molecule has 3 fully saturated rings. The van der Waals surface area contributed by atoms with Crippen LogP contribution in [0.5, 0.6) is 0 Å². The highest BCUT2D eigenvalue weighted by Gasteiger charge is 2.51. The molecule has 3 aliphatic carbocycles. The van der Waals surface area contributed by atoms with Gasteiger partial charge in [0.1, 0.15) is 5.60 Å². The Morgan fingerprint density at radius 1 is 1.06 bits per heavy atom. The summed E-state index contributed by atoms with van der Waals surface area (Å²) in [5.41, 5.74) is 0.894. The van der Waals surface area contributed by atoms with E-state index in [9.17, 15) is 25.2 Å². The van der Waals surface area contributed by atoms with E-state index in [0.717, 1.165) is 44.1 Å². The van der Waals surface area contributed by atoms with Crippen LogP contribution in [0.25, 0.3) is 0 Å². The number of ketones is 1. The van der Waals surface area contributed by atoms with Gasteiger partial charge in [0.2, 0.25) is 0 Å². The fourth-order valence-corrected chi connectivity index (χ4v) is 7.55. The minimum atomic E-state index is -1.28. The zero-order valence-electron chi connectivity index (χ0n) is 23.4. The Morgan fingerprint density at radius 3 is 2.33 bits per heavy atom. The molecule has 0 aromatic heterocycles. The highest BCUT2D eigenvalue weighted by molar-refractivity contribution is 5.86. The average molecular weight is 505 g/mol. The Hall–Kier alpha value is -1.01. The van der Waals surface area contributed by atoms with E-state index in [-0.39, 0.29) is 11.2 Å². The molecule has 6 atom stereocenters. The molecule has 0 aliphatic heterocycles. The summed E-state index contributed by atoms with van der Waals surface area (Å²) >= 11 is 0. The summed E-state index contributed by atoms with van der Waals surface area (Å²) in [5, 5.41) is 40.6. The molecule has 0 saturated heterocycles. The summed E-state index contributed by atoms with van der Waals surface area (Å²) in [6, 6.07) is 0. The molecule has 4 N–H and O–H groups in total. The summed E-state index contributed by atoms with van der Waals surface area (Å²) < 4.78 is 0. The number of aliphatic hydroxyl groups is 4. The van der Waals surface area contributed by atoms with Crippen LogP contribution in [0, 0.1) is 23.2 Å². The summed E-state index contributed by atoms with van der Waals surface area (Å²) in [4.78, 5) is 12.6. The van der Waals surface area contributed by atoms with Crippen LogP contribution in [0.15, 0.2) is 23.3 Å². The van der Waals surface area contributed by atoms with Gasteiger partial charge >= 0.3 is 0 Å². The van der Waals surface area contributed by atoms with Gasteiger partial charge in [-0.25, -0.2) is 0 Å². The standard InChI is InChI=1S/C31H52O5/c1-29(2,35)16-6-8-23(12-15-28(34)30(3,4)36)27-14-13-26-22(9-7-17-31(26,27)5)11-10-21-18-24(32)20-25(33)19-21/h10-11,23-27,32-33,35-36H,6-9,12-20H2,1-5H3/b22-11+/t23-,24-,25-,26+,27-,31+/m1/s1. The Morgan fingerprint density at radius 2 is 1.72 bits per heavy atom. The van der Waals surface area contributed by atoms with E-state index < -0.39 is 23.4 Å². The molecule has 36 heavy (non-hydrogen) atoms. The second kappa shape index (κ2) is 11.8. The molecule has 0 spiro atoms. The molecular formula is C31H52O5. The summed E-state index contributed by atoms with van der Waals surface area (Å²) in [6.45, 7) is 9.36. The Kier molecular flexibility index (Phi) is 9.68. The maximum Gasteiger partial charge on any atom is 0.163 e. The summed E-state index contributed by atoms with van der Waals surface area (Å²) in [5.74, 6) is 1.40. The van der Waals surface area contributed by atoms with E-state index in [1.807, 2.05) is 13.8 Å². The van der Waals surface area contributed by atoms with Gasteiger partial charge in [0.15, 0.2) is 5.78 Å². The van der Waals surface area contributed by atoms with Crippen molar-refractivity contribution in [2.75, 3.05) is 0 Å². The molecular weight excluding hydrogens is 452 g/mol. The van der Waals surface area contributed by atoms with Crippen LogP contribution >= 0.6 is 0 Å². The van der Waals surface area contributed by atoms with Crippen molar-refractivity contribution in [2.45, 2.75) is 141 Å². The third-order valence-electron chi connectivity index (χ3n) is 9.47. The molecule has 0 radical (unpaired) electrons. The zero-order valence-corrected chi connectivity index (χ0v) is 23.4. The maximum atomic E-state index is 12.6. The number of carbonyl (C=O) groups excluding carboxylic acids is 1. The number of carbonyl (C=O) groups is 1. The molecule has 5 nitrogen and oxygen atoms in total. The molecule has 3 saturated carbocycles. The van der Waals surface area contributed by atoms with Gasteiger partial charge in [0, 0.05) is 6.42 Å². The fraction of sp³-hybridized carbons (Fsp3) is 0.839. The van der Waals surface area contributed by atoms with Crippen LogP contribution < -0.4 is 0 Å². The van der Waals surface area contributed by atoms with Gasteiger partial charge in [0.05, 0.1) is 17.8 Å². The minimum absolute atomic E-state index is 0.0811. The lowest BCUT2D eigenvalue weighted by molar-refractivity contribution is -0.134. The third-order valence-corrected chi connectivity index (χ3v) is 9.47. The predicted octanol–water partition coefficient (Wildman–Crippen LogP) is 5.64. The van der Waals surface area contributed by atoms with E-state index in [1.165, 1.54) is 24.8 Å². The first-order valence-electron chi connectivity index (χ1n) is 14.4. The monoisotopic (exact) mass is 504 g/mol. The average Bonchev–Trinajstić information content (AvgIpc) is 3.09. The quantitative estimate of drug-likeness (QED) is 0.309. The summed E-state index contributed by atoms with van der Waals surface area (Å²) in [6.07, 6.45) is 15.1. The van der Waals surface area contributed by atoms with Gasteiger partial charge in [-0.1, -0.05) is 43.1 Å². The molecule has 206 valence electrons. The predicted molar refractivity (Wildman–Crippen MR) is 144 cm³/mol. The van der Waals surface area contributed by atoms with Crippen LogP contribution in [-0.2, 0) is 4.79 Å². The number of fused-ring (bicyclic) bond motifs is 1.